The molecule has 0 bridgehead atoms. The molecular weight excluding hydrogens is 318 g/mol. The number of carbonyl (C=O) groups excluding carboxylic acids is 1. The molecule has 1 saturated heterocycles. The fourth-order valence-electron chi connectivity index (χ4n) is 1.98. The van der Waals surface area contributed by atoms with Gasteiger partial charge in [-0.25, -0.2) is 0 Å². The normalized spacial score (nSPS) is 24.1. The first-order valence-electron chi connectivity index (χ1n) is 5.86. The lowest BCUT2D eigenvalue weighted by molar-refractivity contribution is -0.0387. The Hall–Kier alpha value is -0.580. The highest BCUT2D eigenvalue weighted by atomic mass is 79.9. The van der Waals surface area contributed by atoms with Crippen LogP contribution in [0.3, 0.4) is 0 Å². The number of amides is 1. The molecule has 98 valence electrons. The molecule has 2 rings (SSSR count). The highest BCUT2D eigenvalue weighted by Gasteiger charge is 2.28. The van der Waals surface area contributed by atoms with Crippen molar-refractivity contribution in [3.63, 3.8) is 0 Å². The number of benzene rings is 1. The Balaban J connectivity index is 2.21. The van der Waals surface area contributed by atoms with Crippen LogP contribution in [0, 0.1) is 0 Å². The van der Waals surface area contributed by atoms with Crippen LogP contribution >= 0.6 is 27.5 Å². The summed E-state index contributed by atoms with van der Waals surface area (Å²) < 4.78 is 6.26. The van der Waals surface area contributed by atoms with Crippen molar-refractivity contribution in [3.05, 3.63) is 33.3 Å². The predicted octanol–water partition coefficient (Wildman–Crippen LogP) is 3.35. The smallest absolute Gasteiger partial charge is 0.254 e. The molecule has 2 unspecified atom stereocenters. The van der Waals surface area contributed by atoms with E-state index in [4.69, 9.17) is 16.3 Å². The maximum Gasteiger partial charge on any atom is 0.254 e. The van der Waals surface area contributed by atoms with Crippen LogP contribution in [0.15, 0.2) is 22.7 Å². The fourth-order valence-corrected chi connectivity index (χ4v) is 2.48. The van der Waals surface area contributed by atoms with E-state index in [-0.39, 0.29) is 18.1 Å². The largest absolute Gasteiger partial charge is 0.375 e. The minimum absolute atomic E-state index is 0.0232. The van der Waals surface area contributed by atoms with Crippen molar-refractivity contribution in [3.8, 4) is 0 Å². The third-order valence-electron chi connectivity index (χ3n) is 3.04. The van der Waals surface area contributed by atoms with Gasteiger partial charge in [0.05, 0.1) is 23.8 Å². The minimum Gasteiger partial charge on any atom is -0.375 e. The van der Waals surface area contributed by atoms with Gasteiger partial charge in [-0.2, -0.15) is 0 Å². The highest BCUT2D eigenvalue weighted by Crippen LogP contribution is 2.25. The molecule has 1 aliphatic heterocycles. The van der Waals surface area contributed by atoms with Crippen LogP contribution in [0.4, 0.5) is 0 Å². The van der Waals surface area contributed by atoms with E-state index in [1.54, 1.807) is 18.2 Å². The molecule has 1 aromatic rings. The Bertz CT molecular complexity index is 466. The first-order valence-corrected chi connectivity index (χ1v) is 7.03. The average Bonchev–Trinajstić information content (AvgIpc) is 2.35. The number of hydrogen-bond donors (Lipinski definition) is 0. The Kier molecular flexibility index (Phi) is 4.30. The molecule has 3 nitrogen and oxygen atoms in total. The van der Waals surface area contributed by atoms with Crippen LogP contribution in [0.25, 0.3) is 0 Å². The van der Waals surface area contributed by atoms with Crippen LogP contribution in [-0.4, -0.2) is 36.1 Å². The predicted molar refractivity (Wildman–Crippen MR) is 75.1 cm³/mol. The minimum atomic E-state index is 0.0232. The second kappa shape index (κ2) is 5.59. The molecule has 0 radical (unpaired) electrons. The Labute approximate surface area is 120 Å². The quantitative estimate of drug-likeness (QED) is 0.789. The molecular formula is C13H15BrClNO2. The number of carbonyl (C=O) groups is 1. The Morgan fingerprint density at radius 1 is 1.50 bits per heavy atom. The lowest BCUT2D eigenvalue weighted by Crippen LogP contribution is -2.50. The fraction of sp³-hybridized carbons (Fsp3) is 0.462. The molecule has 1 aliphatic rings. The van der Waals surface area contributed by atoms with Gasteiger partial charge in [-0.3, -0.25) is 4.79 Å². The summed E-state index contributed by atoms with van der Waals surface area (Å²) in [6.45, 7) is 5.18. The molecule has 0 spiro atoms. The van der Waals surface area contributed by atoms with Gasteiger partial charge in [-0.05, 0) is 48.0 Å². The van der Waals surface area contributed by atoms with Gasteiger partial charge in [-0.15, -0.1) is 0 Å². The molecule has 1 amide bonds. The monoisotopic (exact) mass is 331 g/mol. The number of morpholine rings is 1. The summed E-state index contributed by atoms with van der Waals surface area (Å²) in [5.74, 6) is 0.0232. The van der Waals surface area contributed by atoms with Gasteiger partial charge in [0.15, 0.2) is 0 Å². The van der Waals surface area contributed by atoms with E-state index in [1.165, 1.54) is 0 Å². The van der Waals surface area contributed by atoms with E-state index in [1.807, 2.05) is 18.7 Å². The molecule has 2 atom stereocenters. The lowest BCUT2D eigenvalue weighted by atomic mass is 10.1. The number of halogens is 2. The molecule has 1 fully saturated rings. The zero-order chi connectivity index (χ0) is 13.3. The number of hydrogen-bond acceptors (Lipinski definition) is 2. The van der Waals surface area contributed by atoms with E-state index in [0.29, 0.717) is 23.7 Å². The van der Waals surface area contributed by atoms with Crippen LogP contribution < -0.4 is 0 Å². The van der Waals surface area contributed by atoms with Crippen molar-refractivity contribution >= 4 is 33.4 Å². The molecule has 0 aliphatic carbocycles. The molecule has 0 saturated carbocycles. The number of ether oxygens (including phenoxy) is 1. The van der Waals surface area contributed by atoms with Gasteiger partial charge in [0, 0.05) is 16.6 Å². The average molecular weight is 333 g/mol. The molecule has 1 heterocycles. The Morgan fingerprint density at radius 2 is 2.22 bits per heavy atom. The van der Waals surface area contributed by atoms with E-state index in [9.17, 15) is 4.79 Å². The summed E-state index contributed by atoms with van der Waals surface area (Å²) >= 11 is 9.27. The third-order valence-corrected chi connectivity index (χ3v) is 4.25. The molecule has 18 heavy (non-hydrogen) atoms. The molecule has 5 heteroatoms. The van der Waals surface area contributed by atoms with Crippen molar-refractivity contribution in [2.45, 2.75) is 26.0 Å². The summed E-state index contributed by atoms with van der Waals surface area (Å²) in [6, 6.07) is 5.34. The first-order chi connectivity index (χ1) is 8.49. The number of rotatable bonds is 1. The van der Waals surface area contributed by atoms with Crippen LogP contribution in [0.5, 0.6) is 0 Å². The molecule has 0 N–H and O–H groups in total. The zero-order valence-corrected chi connectivity index (χ0v) is 12.7. The molecule has 1 aromatic carbocycles. The van der Waals surface area contributed by atoms with Crippen molar-refractivity contribution in [1.82, 2.24) is 4.90 Å². The second-order valence-corrected chi connectivity index (χ2v) is 5.84. The van der Waals surface area contributed by atoms with Crippen molar-refractivity contribution in [2.24, 2.45) is 0 Å². The highest BCUT2D eigenvalue weighted by molar-refractivity contribution is 9.10. The third kappa shape index (κ3) is 2.87. The maximum absolute atomic E-state index is 12.4. The second-order valence-electron chi connectivity index (χ2n) is 4.58. The van der Waals surface area contributed by atoms with Gasteiger partial charge < -0.3 is 9.64 Å². The van der Waals surface area contributed by atoms with E-state index >= 15 is 0 Å². The van der Waals surface area contributed by atoms with Gasteiger partial charge in [0.2, 0.25) is 0 Å². The van der Waals surface area contributed by atoms with Gasteiger partial charge in [0.1, 0.15) is 0 Å². The van der Waals surface area contributed by atoms with Gasteiger partial charge >= 0.3 is 0 Å². The zero-order valence-electron chi connectivity index (χ0n) is 10.3. The maximum atomic E-state index is 12.4. The topological polar surface area (TPSA) is 29.5 Å². The van der Waals surface area contributed by atoms with Crippen molar-refractivity contribution < 1.29 is 9.53 Å². The Morgan fingerprint density at radius 3 is 2.89 bits per heavy atom. The number of nitrogens with zero attached hydrogens (tertiary/aromatic N) is 1. The van der Waals surface area contributed by atoms with E-state index < -0.39 is 0 Å². The summed E-state index contributed by atoms with van der Waals surface area (Å²) in [7, 11) is 0. The standard InChI is InChI=1S/C13H15BrClNO2/c1-8-7-18-9(2)6-16(8)13(17)10-3-4-12(15)11(14)5-10/h3-5,8-9H,6-7H2,1-2H3. The summed E-state index contributed by atoms with van der Waals surface area (Å²) in [6.07, 6.45) is 0.0842. The first kappa shape index (κ1) is 13.8. The summed E-state index contributed by atoms with van der Waals surface area (Å²) in [5.41, 5.74) is 0.646. The van der Waals surface area contributed by atoms with Crippen molar-refractivity contribution in [2.75, 3.05) is 13.2 Å². The van der Waals surface area contributed by atoms with Crippen LogP contribution in [-0.2, 0) is 4.74 Å². The van der Waals surface area contributed by atoms with E-state index in [0.717, 1.165) is 4.47 Å². The van der Waals surface area contributed by atoms with Crippen LogP contribution in [0.1, 0.15) is 24.2 Å². The lowest BCUT2D eigenvalue weighted by Gasteiger charge is -2.36. The summed E-state index contributed by atoms with van der Waals surface area (Å²) in [4.78, 5) is 14.3. The van der Waals surface area contributed by atoms with Gasteiger partial charge in [-0.1, -0.05) is 11.6 Å². The molecule has 0 aromatic heterocycles. The van der Waals surface area contributed by atoms with Gasteiger partial charge in [0.25, 0.3) is 5.91 Å². The SMILES string of the molecule is CC1CN(C(=O)c2ccc(Cl)c(Br)c2)C(C)CO1. The van der Waals surface area contributed by atoms with E-state index in [2.05, 4.69) is 15.9 Å². The van der Waals surface area contributed by atoms with Crippen molar-refractivity contribution in [1.29, 1.82) is 0 Å². The van der Waals surface area contributed by atoms with Crippen LogP contribution in [0.2, 0.25) is 5.02 Å². The summed E-state index contributed by atoms with van der Waals surface area (Å²) in [5, 5.41) is 0.606.